The Morgan fingerprint density at radius 1 is 1.13 bits per heavy atom. The summed E-state index contributed by atoms with van der Waals surface area (Å²) >= 11 is 0. The fourth-order valence-electron chi connectivity index (χ4n) is 0.868. The van der Waals surface area contributed by atoms with Crippen molar-refractivity contribution in [2.24, 2.45) is 0 Å². The molecule has 0 aromatic carbocycles. The monoisotopic (exact) mass is 216 g/mol. The Hall–Kier alpha value is -1.30. The van der Waals surface area contributed by atoms with Gasteiger partial charge in [0.25, 0.3) is 0 Å². The molecule has 0 spiro atoms. The third kappa shape index (κ3) is 7.75. The van der Waals surface area contributed by atoms with Crippen LogP contribution in [0.1, 0.15) is 6.42 Å². The highest BCUT2D eigenvalue weighted by molar-refractivity contribution is 5.75. The molecule has 0 aromatic heterocycles. The lowest BCUT2D eigenvalue weighted by atomic mass is 10.4. The summed E-state index contributed by atoms with van der Waals surface area (Å²) in [4.78, 5) is 23.3. The minimum atomic E-state index is -0.108. The van der Waals surface area contributed by atoms with Crippen molar-refractivity contribution in [1.82, 2.24) is 20.9 Å². The Morgan fingerprint density at radius 2 is 1.80 bits per heavy atom. The van der Waals surface area contributed by atoms with Gasteiger partial charge in [-0.3, -0.25) is 4.79 Å². The van der Waals surface area contributed by atoms with Gasteiger partial charge in [0.2, 0.25) is 5.91 Å². The molecular weight excluding hydrogens is 196 g/mol. The van der Waals surface area contributed by atoms with Crippen LogP contribution in [0.5, 0.6) is 0 Å². The van der Waals surface area contributed by atoms with Gasteiger partial charge in [-0.15, -0.1) is 0 Å². The number of nitrogens with zero attached hydrogens (tertiary/aromatic N) is 1. The van der Waals surface area contributed by atoms with E-state index in [4.69, 9.17) is 0 Å². The SMILES string of the molecule is CNC(=O)CCNCCNC(=O)N(C)C. The Bertz CT molecular complexity index is 206. The highest BCUT2D eigenvalue weighted by atomic mass is 16.2. The first kappa shape index (κ1) is 13.7. The zero-order chi connectivity index (χ0) is 11.7. The second-order valence-corrected chi connectivity index (χ2v) is 3.30. The highest BCUT2D eigenvalue weighted by Gasteiger charge is 2.00. The van der Waals surface area contributed by atoms with E-state index in [2.05, 4.69) is 16.0 Å². The molecule has 0 bridgehead atoms. The van der Waals surface area contributed by atoms with E-state index < -0.39 is 0 Å². The standard InChI is InChI=1S/C9H20N4O2/c1-10-8(14)4-5-11-6-7-12-9(15)13(2)3/h11H,4-7H2,1-3H3,(H,10,14)(H,12,15). The van der Waals surface area contributed by atoms with Gasteiger partial charge in [0, 0.05) is 47.2 Å². The summed E-state index contributed by atoms with van der Waals surface area (Å²) in [5.74, 6) is 0.0137. The minimum absolute atomic E-state index is 0.0137. The van der Waals surface area contributed by atoms with Crippen molar-refractivity contribution in [2.45, 2.75) is 6.42 Å². The molecule has 0 saturated heterocycles. The molecule has 0 radical (unpaired) electrons. The van der Waals surface area contributed by atoms with Crippen LogP contribution in [0.2, 0.25) is 0 Å². The molecule has 88 valence electrons. The molecule has 0 aliphatic heterocycles. The van der Waals surface area contributed by atoms with Crippen molar-refractivity contribution in [3.8, 4) is 0 Å². The molecule has 0 saturated carbocycles. The Labute approximate surface area is 90.4 Å². The Kier molecular flexibility index (Phi) is 7.35. The topological polar surface area (TPSA) is 73.5 Å². The molecule has 0 unspecified atom stereocenters. The van der Waals surface area contributed by atoms with E-state index in [0.29, 0.717) is 26.1 Å². The number of hydrogen-bond donors (Lipinski definition) is 3. The highest BCUT2D eigenvalue weighted by Crippen LogP contribution is 1.76. The number of hydrogen-bond acceptors (Lipinski definition) is 3. The van der Waals surface area contributed by atoms with Crippen LogP contribution in [-0.2, 0) is 4.79 Å². The molecule has 3 N–H and O–H groups in total. The summed E-state index contributed by atoms with van der Waals surface area (Å²) < 4.78 is 0. The molecule has 0 aliphatic carbocycles. The number of carbonyl (C=O) groups is 2. The third-order valence-electron chi connectivity index (χ3n) is 1.79. The number of urea groups is 1. The molecule has 0 aromatic rings. The number of amides is 3. The van der Waals surface area contributed by atoms with Crippen LogP contribution in [0.15, 0.2) is 0 Å². The van der Waals surface area contributed by atoms with Crippen molar-refractivity contribution >= 4 is 11.9 Å². The fourth-order valence-corrected chi connectivity index (χ4v) is 0.868. The molecule has 15 heavy (non-hydrogen) atoms. The van der Waals surface area contributed by atoms with Gasteiger partial charge in [-0.1, -0.05) is 0 Å². The van der Waals surface area contributed by atoms with Gasteiger partial charge in [0.05, 0.1) is 0 Å². The van der Waals surface area contributed by atoms with Crippen LogP contribution in [0.4, 0.5) is 4.79 Å². The van der Waals surface area contributed by atoms with Crippen molar-refractivity contribution in [1.29, 1.82) is 0 Å². The first-order valence-electron chi connectivity index (χ1n) is 4.94. The second-order valence-electron chi connectivity index (χ2n) is 3.30. The largest absolute Gasteiger partial charge is 0.359 e. The molecule has 6 heteroatoms. The van der Waals surface area contributed by atoms with Crippen molar-refractivity contribution < 1.29 is 9.59 Å². The van der Waals surface area contributed by atoms with E-state index in [-0.39, 0.29) is 11.9 Å². The van der Waals surface area contributed by atoms with E-state index in [9.17, 15) is 9.59 Å². The third-order valence-corrected chi connectivity index (χ3v) is 1.79. The lowest BCUT2D eigenvalue weighted by molar-refractivity contribution is -0.120. The average Bonchev–Trinajstić information content (AvgIpc) is 2.22. The first-order valence-corrected chi connectivity index (χ1v) is 4.94. The maximum absolute atomic E-state index is 11.1. The van der Waals surface area contributed by atoms with Gasteiger partial charge >= 0.3 is 6.03 Å². The normalized spacial score (nSPS) is 9.53. The summed E-state index contributed by atoms with van der Waals surface area (Å²) in [6.07, 6.45) is 0.456. The van der Waals surface area contributed by atoms with Gasteiger partial charge in [-0.2, -0.15) is 0 Å². The summed E-state index contributed by atoms with van der Waals surface area (Å²) in [5.41, 5.74) is 0. The van der Waals surface area contributed by atoms with E-state index in [0.717, 1.165) is 0 Å². The lowest BCUT2D eigenvalue weighted by Crippen LogP contribution is -2.38. The minimum Gasteiger partial charge on any atom is -0.359 e. The van der Waals surface area contributed by atoms with E-state index in [1.165, 1.54) is 4.90 Å². The van der Waals surface area contributed by atoms with Crippen LogP contribution in [-0.4, -0.2) is 57.6 Å². The van der Waals surface area contributed by atoms with Gasteiger partial charge in [-0.05, 0) is 0 Å². The zero-order valence-electron chi connectivity index (χ0n) is 9.59. The maximum Gasteiger partial charge on any atom is 0.316 e. The molecule has 0 atom stereocenters. The lowest BCUT2D eigenvalue weighted by Gasteiger charge is -2.11. The van der Waals surface area contributed by atoms with Crippen LogP contribution < -0.4 is 16.0 Å². The van der Waals surface area contributed by atoms with Crippen molar-refractivity contribution in [3.63, 3.8) is 0 Å². The summed E-state index contributed by atoms with van der Waals surface area (Å²) in [7, 11) is 4.99. The van der Waals surface area contributed by atoms with Gasteiger partial charge in [0.1, 0.15) is 0 Å². The van der Waals surface area contributed by atoms with E-state index in [1.54, 1.807) is 21.1 Å². The summed E-state index contributed by atoms with van der Waals surface area (Å²) in [6, 6.07) is -0.108. The maximum atomic E-state index is 11.1. The van der Waals surface area contributed by atoms with Crippen LogP contribution in [0.25, 0.3) is 0 Å². The molecule has 0 aliphatic rings. The quantitative estimate of drug-likeness (QED) is 0.498. The number of carbonyl (C=O) groups excluding carboxylic acids is 2. The van der Waals surface area contributed by atoms with Crippen LogP contribution in [0.3, 0.4) is 0 Å². The fraction of sp³-hybridized carbons (Fsp3) is 0.778. The van der Waals surface area contributed by atoms with Crippen molar-refractivity contribution in [2.75, 3.05) is 40.8 Å². The smallest absolute Gasteiger partial charge is 0.316 e. The molecule has 0 fully saturated rings. The van der Waals surface area contributed by atoms with Crippen LogP contribution in [0, 0.1) is 0 Å². The molecule has 0 rings (SSSR count). The zero-order valence-corrected chi connectivity index (χ0v) is 9.59. The summed E-state index contributed by atoms with van der Waals surface area (Å²) in [6.45, 7) is 1.85. The summed E-state index contributed by atoms with van der Waals surface area (Å²) in [5, 5.41) is 8.29. The Balaban J connectivity index is 3.25. The first-order chi connectivity index (χ1) is 7.07. The molecular formula is C9H20N4O2. The molecule has 6 nitrogen and oxygen atoms in total. The van der Waals surface area contributed by atoms with E-state index >= 15 is 0 Å². The predicted molar refractivity (Wildman–Crippen MR) is 58.6 cm³/mol. The second kappa shape index (κ2) is 8.05. The van der Waals surface area contributed by atoms with Crippen molar-refractivity contribution in [3.05, 3.63) is 0 Å². The average molecular weight is 216 g/mol. The van der Waals surface area contributed by atoms with Crippen LogP contribution >= 0.6 is 0 Å². The number of rotatable bonds is 6. The Morgan fingerprint density at radius 3 is 2.33 bits per heavy atom. The molecule has 0 heterocycles. The predicted octanol–water partition coefficient (Wildman–Crippen LogP) is -1.02. The van der Waals surface area contributed by atoms with Gasteiger partial charge in [-0.25, -0.2) is 4.79 Å². The number of nitrogens with one attached hydrogen (secondary N) is 3. The molecule has 3 amide bonds. The van der Waals surface area contributed by atoms with E-state index in [1.807, 2.05) is 0 Å². The van der Waals surface area contributed by atoms with Gasteiger partial charge in [0.15, 0.2) is 0 Å². The van der Waals surface area contributed by atoms with Gasteiger partial charge < -0.3 is 20.9 Å².